The quantitative estimate of drug-likeness (QED) is 0.253. The van der Waals surface area contributed by atoms with Crippen LogP contribution in [0.15, 0.2) is 48.5 Å². The van der Waals surface area contributed by atoms with Gasteiger partial charge in [-0.1, -0.05) is 103 Å². The molecule has 0 aliphatic heterocycles. The van der Waals surface area contributed by atoms with E-state index in [0.29, 0.717) is 23.3 Å². The van der Waals surface area contributed by atoms with Gasteiger partial charge in [0.25, 0.3) is 0 Å². The van der Waals surface area contributed by atoms with Crippen molar-refractivity contribution >= 4 is 5.97 Å². The summed E-state index contributed by atoms with van der Waals surface area (Å²) in [5, 5.41) is 0. The minimum Gasteiger partial charge on any atom is -0.458 e. The van der Waals surface area contributed by atoms with Crippen molar-refractivity contribution in [1.82, 2.24) is 0 Å². The van der Waals surface area contributed by atoms with Crippen molar-refractivity contribution < 1.29 is 9.53 Å². The Labute approximate surface area is 202 Å². The molecule has 0 radical (unpaired) electrons. The highest BCUT2D eigenvalue weighted by Crippen LogP contribution is 2.35. The molecule has 3 rings (SSSR count). The molecule has 180 valence electrons. The Morgan fingerprint density at radius 2 is 1.48 bits per heavy atom. The Morgan fingerprint density at radius 3 is 2.12 bits per heavy atom. The van der Waals surface area contributed by atoms with E-state index in [1.807, 2.05) is 24.3 Å². The largest absolute Gasteiger partial charge is 0.458 e. The van der Waals surface area contributed by atoms with E-state index >= 15 is 0 Å². The highest BCUT2D eigenvalue weighted by molar-refractivity contribution is 5.90. The molecule has 2 heteroatoms. The third kappa shape index (κ3) is 7.73. The summed E-state index contributed by atoms with van der Waals surface area (Å²) in [7, 11) is 0. The van der Waals surface area contributed by atoms with Crippen LogP contribution in [-0.2, 0) is 11.2 Å². The maximum Gasteiger partial charge on any atom is 0.338 e. The van der Waals surface area contributed by atoms with Gasteiger partial charge in [-0.15, -0.1) is 0 Å². The molecule has 0 saturated heterocycles. The molecule has 1 fully saturated rings. The molecule has 33 heavy (non-hydrogen) atoms. The van der Waals surface area contributed by atoms with Crippen molar-refractivity contribution in [2.75, 3.05) is 0 Å². The van der Waals surface area contributed by atoms with Crippen LogP contribution >= 0.6 is 0 Å². The number of benzene rings is 2. The van der Waals surface area contributed by atoms with Gasteiger partial charge in [-0.05, 0) is 72.3 Å². The van der Waals surface area contributed by atoms with Crippen LogP contribution in [-0.4, -0.2) is 12.1 Å². The highest BCUT2D eigenvalue weighted by atomic mass is 16.5. The normalized spacial score (nSPS) is 20.7. The van der Waals surface area contributed by atoms with Crippen molar-refractivity contribution in [2.45, 2.75) is 98.0 Å². The van der Waals surface area contributed by atoms with Crippen LogP contribution in [0.4, 0.5) is 0 Å². The fourth-order valence-corrected chi connectivity index (χ4v) is 5.23. The first-order valence-corrected chi connectivity index (χ1v) is 13.4. The van der Waals surface area contributed by atoms with E-state index in [1.165, 1.54) is 56.1 Å². The van der Waals surface area contributed by atoms with Crippen molar-refractivity contribution in [2.24, 2.45) is 17.8 Å². The monoisotopic (exact) mass is 448 g/mol. The third-order valence-electron chi connectivity index (χ3n) is 7.45. The molecule has 2 aromatic rings. The summed E-state index contributed by atoms with van der Waals surface area (Å²) >= 11 is 0. The van der Waals surface area contributed by atoms with Crippen LogP contribution in [0.1, 0.15) is 101 Å². The fourth-order valence-electron chi connectivity index (χ4n) is 5.23. The van der Waals surface area contributed by atoms with Crippen LogP contribution in [0.25, 0.3) is 11.1 Å². The number of aryl methyl sites for hydroxylation is 1. The standard InChI is InChI=1S/C31H44O2/c1-5-6-7-8-9-10-11-25-13-15-26(16-14-25)27-17-19-28(20-18-27)31(32)33-30-22-24(4)12-21-29(30)23(2)3/h13-20,23-24,29-30H,5-12,21-22H2,1-4H3/t24-,29-,30+/m0/s1. The van der Waals surface area contributed by atoms with Gasteiger partial charge in [0.05, 0.1) is 5.56 Å². The van der Waals surface area contributed by atoms with Crippen molar-refractivity contribution in [3.8, 4) is 11.1 Å². The lowest BCUT2D eigenvalue weighted by Crippen LogP contribution is -2.35. The van der Waals surface area contributed by atoms with Gasteiger partial charge in [0, 0.05) is 0 Å². The van der Waals surface area contributed by atoms with E-state index in [2.05, 4.69) is 52.0 Å². The lowest BCUT2D eigenvalue weighted by molar-refractivity contribution is -0.0174. The topological polar surface area (TPSA) is 26.3 Å². The molecule has 0 spiro atoms. The zero-order valence-electron chi connectivity index (χ0n) is 21.3. The SMILES string of the molecule is CCCCCCCCc1ccc(-c2ccc(C(=O)O[C@@H]3C[C@@H](C)CC[C@H]3C(C)C)cc2)cc1. The minimum atomic E-state index is -0.180. The molecule has 0 heterocycles. The summed E-state index contributed by atoms with van der Waals surface area (Å²) < 4.78 is 6.01. The number of carbonyl (C=O) groups is 1. The first kappa shape index (κ1) is 25.5. The fraction of sp³-hybridized carbons (Fsp3) is 0.581. The second-order valence-electron chi connectivity index (χ2n) is 10.6. The Balaban J connectivity index is 1.53. The average Bonchev–Trinajstić information content (AvgIpc) is 2.81. The second-order valence-corrected chi connectivity index (χ2v) is 10.6. The number of unbranched alkanes of at least 4 members (excludes halogenated alkanes) is 5. The summed E-state index contributed by atoms with van der Waals surface area (Å²) in [6.07, 6.45) is 12.6. The van der Waals surface area contributed by atoms with Gasteiger partial charge >= 0.3 is 5.97 Å². The smallest absolute Gasteiger partial charge is 0.338 e. The van der Waals surface area contributed by atoms with Crippen LogP contribution < -0.4 is 0 Å². The van der Waals surface area contributed by atoms with Crippen molar-refractivity contribution in [3.63, 3.8) is 0 Å². The zero-order valence-corrected chi connectivity index (χ0v) is 21.3. The van der Waals surface area contributed by atoms with E-state index < -0.39 is 0 Å². The zero-order chi connectivity index (χ0) is 23.6. The predicted octanol–water partition coefficient (Wildman–Crippen LogP) is 8.87. The number of hydrogen-bond donors (Lipinski definition) is 0. The number of hydrogen-bond acceptors (Lipinski definition) is 2. The Morgan fingerprint density at radius 1 is 0.879 bits per heavy atom. The Kier molecular flexibility index (Phi) is 10.0. The van der Waals surface area contributed by atoms with E-state index in [-0.39, 0.29) is 12.1 Å². The van der Waals surface area contributed by atoms with Gasteiger partial charge < -0.3 is 4.74 Å². The summed E-state index contributed by atoms with van der Waals surface area (Å²) in [4.78, 5) is 12.8. The van der Waals surface area contributed by atoms with Crippen LogP contribution in [0.3, 0.4) is 0 Å². The summed E-state index contributed by atoms with van der Waals surface area (Å²) in [6.45, 7) is 9.02. The number of rotatable bonds is 11. The molecule has 0 N–H and O–H groups in total. The van der Waals surface area contributed by atoms with Crippen molar-refractivity contribution in [1.29, 1.82) is 0 Å². The molecular weight excluding hydrogens is 404 g/mol. The van der Waals surface area contributed by atoms with E-state index in [0.717, 1.165) is 24.8 Å². The molecule has 2 nitrogen and oxygen atoms in total. The molecule has 1 aliphatic carbocycles. The van der Waals surface area contributed by atoms with Crippen LogP contribution in [0.5, 0.6) is 0 Å². The third-order valence-corrected chi connectivity index (χ3v) is 7.45. The molecule has 0 aromatic heterocycles. The van der Waals surface area contributed by atoms with Gasteiger partial charge in [-0.2, -0.15) is 0 Å². The van der Waals surface area contributed by atoms with Gasteiger partial charge in [0.2, 0.25) is 0 Å². The molecular formula is C31H44O2. The maximum atomic E-state index is 12.8. The number of carbonyl (C=O) groups excluding carboxylic acids is 1. The van der Waals surface area contributed by atoms with Crippen LogP contribution in [0, 0.1) is 17.8 Å². The van der Waals surface area contributed by atoms with E-state index in [1.54, 1.807) is 0 Å². The molecule has 1 saturated carbocycles. The number of ether oxygens (including phenoxy) is 1. The maximum absolute atomic E-state index is 12.8. The first-order chi connectivity index (χ1) is 16.0. The van der Waals surface area contributed by atoms with Gasteiger partial charge in [-0.3, -0.25) is 0 Å². The van der Waals surface area contributed by atoms with E-state index in [9.17, 15) is 4.79 Å². The molecule has 0 amide bonds. The average molecular weight is 449 g/mol. The lowest BCUT2D eigenvalue weighted by atomic mass is 9.75. The molecule has 1 aliphatic rings. The Hall–Kier alpha value is -2.09. The molecule has 0 unspecified atom stereocenters. The summed E-state index contributed by atoms with van der Waals surface area (Å²) in [6, 6.07) is 16.8. The van der Waals surface area contributed by atoms with E-state index in [4.69, 9.17) is 4.74 Å². The molecule has 2 aromatic carbocycles. The molecule has 3 atom stereocenters. The highest BCUT2D eigenvalue weighted by Gasteiger charge is 2.33. The molecule has 0 bridgehead atoms. The minimum absolute atomic E-state index is 0.0418. The predicted molar refractivity (Wildman–Crippen MR) is 140 cm³/mol. The second kappa shape index (κ2) is 13.0. The summed E-state index contributed by atoms with van der Waals surface area (Å²) in [5.41, 5.74) is 4.40. The number of esters is 1. The van der Waals surface area contributed by atoms with Gasteiger partial charge in [-0.25, -0.2) is 4.79 Å². The summed E-state index contributed by atoms with van der Waals surface area (Å²) in [5.74, 6) is 1.46. The van der Waals surface area contributed by atoms with Crippen LogP contribution in [0.2, 0.25) is 0 Å². The van der Waals surface area contributed by atoms with Gasteiger partial charge in [0.15, 0.2) is 0 Å². The van der Waals surface area contributed by atoms with Crippen molar-refractivity contribution in [3.05, 3.63) is 59.7 Å². The van der Waals surface area contributed by atoms with Gasteiger partial charge in [0.1, 0.15) is 6.10 Å². The Bertz CT molecular complexity index is 834. The lowest BCUT2D eigenvalue weighted by Gasteiger charge is -2.36. The first-order valence-electron chi connectivity index (χ1n) is 13.4.